The molecule has 26 heavy (non-hydrogen) atoms. The van der Waals surface area contributed by atoms with E-state index in [-0.39, 0.29) is 24.0 Å². The predicted molar refractivity (Wildman–Crippen MR) is 95.8 cm³/mol. The zero-order valence-electron chi connectivity index (χ0n) is 14.8. The van der Waals surface area contributed by atoms with Crippen molar-refractivity contribution >= 4 is 17.5 Å². The summed E-state index contributed by atoms with van der Waals surface area (Å²) < 4.78 is 7.73. The molecular formula is C19H22N4O3. The van der Waals surface area contributed by atoms with Gasteiger partial charge in [-0.25, -0.2) is 4.98 Å². The molecule has 2 aliphatic rings. The number of morpholine rings is 1. The molecule has 2 saturated heterocycles. The van der Waals surface area contributed by atoms with E-state index >= 15 is 0 Å². The Morgan fingerprint density at radius 2 is 1.92 bits per heavy atom. The molecule has 1 aromatic heterocycles. The average molecular weight is 354 g/mol. The minimum absolute atomic E-state index is 0.0196. The maximum atomic E-state index is 12.6. The molecule has 0 atom stereocenters. The summed E-state index contributed by atoms with van der Waals surface area (Å²) >= 11 is 0. The Morgan fingerprint density at radius 3 is 2.58 bits per heavy atom. The van der Waals surface area contributed by atoms with Crippen LogP contribution in [0.15, 0.2) is 42.9 Å². The molecule has 1 spiro atoms. The number of imidazole rings is 1. The first-order chi connectivity index (χ1) is 12.6. The molecule has 0 saturated carbocycles. The fourth-order valence-corrected chi connectivity index (χ4v) is 3.66. The van der Waals surface area contributed by atoms with Gasteiger partial charge in [0.05, 0.1) is 18.5 Å². The summed E-state index contributed by atoms with van der Waals surface area (Å²) in [5, 5.41) is 0. The van der Waals surface area contributed by atoms with Crippen LogP contribution in [-0.4, -0.2) is 58.1 Å². The van der Waals surface area contributed by atoms with Crippen molar-refractivity contribution in [1.29, 1.82) is 0 Å². The number of nitrogens with zero attached hydrogens (tertiary/aromatic N) is 4. The zero-order valence-corrected chi connectivity index (χ0v) is 14.8. The number of hydrogen-bond acceptors (Lipinski definition) is 4. The first-order valence-corrected chi connectivity index (χ1v) is 8.83. The molecule has 2 amide bonds. The Kier molecular flexibility index (Phi) is 4.24. The molecule has 7 nitrogen and oxygen atoms in total. The number of anilines is 1. The summed E-state index contributed by atoms with van der Waals surface area (Å²) in [5.41, 5.74) is 0.978. The van der Waals surface area contributed by atoms with E-state index in [4.69, 9.17) is 4.74 Å². The van der Waals surface area contributed by atoms with E-state index in [9.17, 15) is 9.59 Å². The summed E-state index contributed by atoms with van der Waals surface area (Å²) in [6.45, 7) is 1.82. The molecule has 136 valence electrons. The monoisotopic (exact) mass is 354 g/mol. The van der Waals surface area contributed by atoms with Gasteiger partial charge in [0.2, 0.25) is 0 Å². The topological polar surface area (TPSA) is 67.7 Å². The molecule has 4 rings (SSSR count). The molecule has 0 bridgehead atoms. The van der Waals surface area contributed by atoms with Crippen molar-refractivity contribution < 1.29 is 14.3 Å². The van der Waals surface area contributed by atoms with E-state index in [1.807, 2.05) is 42.3 Å². The zero-order chi connectivity index (χ0) is 18.1. The van der Waals surface area contributed by atoms with Crippen molar-refractivity contribution in [2.45, 2.75) is 18.4 Å². The van der Waals surface area contributed by atoms with Crippen molar-refractivity contribution in [1.82, 2.24) is 14.5 Å². The van der Waals surface area contributed by atoms with Gasteiger partial charge in [-0.3, -0.25) is 9.59 Å². The molecule has 0 N–H and O–H groups in total. The number of carbonyl (C=O) groups excluding carboxylic acids is 2. The molecule has 2 aliphatic heterocycles. The van der Waals surface area contributed by atoms with Crippen LogP contribution in [0.2, 0.25) is 0 Å². The minimum Gasteiger partial charge on any atom is -0.363 e. The third-order valence-electron chi connectivity index (χ3n) is 5.20. The van der Waals surface area contributed by atoms with Crippen LogP contribution in [-0.2, 0) is 16.6 Å². The van der Waals surface area contributed by atoms with Gasteiger partial charge in [-0.1, -0.05) is 18.2 Å². The highest BCUT2D eigenvalue weighted by Gasteiger charge is 2.43. The van der Waals surface area contributed by atoms with E-state index < -0.39 is 0 Å². The van der Waals surface area contributed by atoms with E-state index in [2.05, 4.69) is 4.98 Å². The van der Waals surface area contributed by atoms with E-state index in [0.717, 1.165) is 5.69 Å². The number of para-hydroxylation sites is 1. The lowest BCUT2D eigenvalue weighted by Crippen LogP contribution is -2.59. The quantitative estimate of drug-likeness (QED) is 0.819. The fourth-order valence-electron chi connectivity index (χ4n) is 3.66. The van der Waals surface area contributed by atoms with Gasteiger partial charge in [0.15, 0.2) is 0 Å². The third-order valence-corrected chi connectivity index (χ3v) is 5.20. The number of ether oxygens (including phenoxy) is 1. The molecule has 1 aromatic carbocycles. The van der Waals surface area contributed by atoms with Crippen molar-refractivity contribution in [2.75, 3.05) is 31.1 Å². The first-order valence-electron chi connectivity index (χ1n) is 8.83. The second-order valence-electron chi connectivity index (χ2n) is 7.00. The maximum Gasteiger partial charge on any atom is 0.274 e. The second kappa shape index (κ2) is 6.57. The average Bonchev–Trinajstić information content (AvgIpc) is 3.11. The normalized spacial score (nSPS) is 19.8. The van der Waals surface area contributed by atoms with Crippen LogP contribution >= 0.6 is 0 Å². The number of aromatic nitrogens is 2. The number of amides is 2. The highest BCUT2D eigenvalue weighted by molar-refractivity contribution is 5.95. The van der Waals surface area contributed by atoms with E-state index in [0.29, 0.717) is 38.2 Å². The Balaban J connectivity index is 1.44. The van der Waals surface area contributed by atoms with Gasteiger partial charge in [-0.05, 0) is 25.0 Å². The van der Waals surface area contributed by atoms with Crippen LogP contribution in [0.4, 0.5) is 5.69 Å². The number of likely N-dealkylation sites (tertiary alicyclic amines) is 1. The Labute approximate surface area is 152 Å². The maximum absolute atomic E-state index is 12.6. The summed E-state index contributed by atoms with van der Waals surface area (Å²) in [7, 11) is 1.85. The Bertz CT molecular complexity index is 809. The largest absolute Gasteiger partial charge is 0.363 e. The number of aryl methyl sites for hydroxylation is 1. The highest BCUT2D eigenvalue weighted by Crippen LogP contribution is 2.33. The van der Waals surface area contributed by atoms with Crippen molar-refractivity contribution in [3.63, 3.8) is 0 Å². The highest BCUT2D eigenvalue weighted by atomic mass is 16.5. The molecule has 2 aromatic rings. The van der Waals surface area contributed by atoms with Gasteiger partial charge < -0.3 is 19.1 Å². The molecule has 0 aliphatic carbocycles. The van der Waals surface area contributed by atoms with Crippen LogP contribution in [0.25, 0.3) is 0 Å². The summed E-state index contributed by atoms with van der Waals surface area (Å²) in [6.07, 6.45) is 4.79. The number of hydrogen-bond donors (Lipinski definition) is 0. The number of carbonyl (C=O) groups is 2. The molecule has 7 heteroatoms. The van der Waals surface area contributed by atoms with Crippen LogP contribution in [0.3, 0.4) is 0 Å². The van der Waals surface area contributed by atoms with Gasteiger partial charge in [0, 0.05) is 32.0 Å². The summed E-state index contributed by atoms with van der Waals surface area (Å²) in [5.74, 6) is -0.0685. The van der Waals surface area contributed by atoms with Crippen LogP contribution < -0.4 is 4.90 Å². The number of rotatable bonds is 2. The Morgan fingerprint density at radius 1 is 1.19 bits per heavy atom. The Hall–Kier alpha value is -2.67. The van der Waals surface area contributed by atoms with Crippen molar-refractivity contribution in [3.8, 4) is 0 Å². The molecule has 2 fully saturated rings. The van der Waals surface area contributed by atoms with Crippen LogP contribution in [0, 0.1) is 0 Å². The first kappa shape index (κ1) is 16.8. The lowest BCUT2D eigenvalue weighted by molar-refractivity contribution is -0.143. The number of benzene rings is 1. The smallest absolute Gasteiger partial charge is 0.274 e. The lowest BCUT2D eigenvalue weighted by Gasteiger charge is -2.46. The van der Waals surface area contributed by atoms with Gasteiger partial charge in [0.1, 0.15) is 12.3 Å². The van der Waals surface area contributed by atoms with E-state index in [1.165, 1.54) is 0 Å². The SMILES string of the molecule is Cn1cnc(C(=O)N2CCC3(CC2)CN(c2ccccc2)C(=O)CO3)c1. The van der Waals surface area contributed by atoms with Crippen LogP contribution in [0.1, 0.15) is 23.3 Å². The van der Waals surface area contributed by atoms with Gasteiger partial charge in [-0.15, -0.1) is 0 Å². The van der Waals surface area contributed by atoms with E-state index in [1.54, 1.807) is 22.0 Å². The summed E-state index contributed by atoms with van der Waals surface area (Å²) in [4.78, 5) is 32.6. The standard InChI is InChI=1S/C19H22N4O3/c1-21-11-16(20-14-21)18(25)22-9-7-19(8-10-22)13-23(17(24)12-26-19)15-5-3-2-4-6-15/h2-6,11,14H,7-10,12-13H2,1H3. The fraction of sp³-hybridized carbons (Fsp3) is 0.421. The number of piperidine rings is 1. The van der Waals surface area contributed by atoms with Crippen molar-refractivity contribution in [2.24, 2.45) is 7.05 Å². The molecule has 0 unspecified atom stereocenters. The van der Waals surface area contributed by atoms with Gasteiger partial charge >= 0.3 is 0 Å². The van der Waals surface area contributed by atoms with Gasteiger partial charge in [0.25, 0.3) is 11.8 Å². The summed E-state index contributed by atoms with van der Waals surface area (Å²) in [6, 6.07) is 9.68. The molecule has 0 radical (unpaired) electrons. The molecule has 3 heterocycles. The molecular weight excluding hydrogens is 332 g/mol. The van der Waals surface area contributed by atoms with Crippen molar-refractivity contribution in [3.05, 3.63) is 48.5 Å². The third kappa shape index (κ3) is 3.10. The predicted octanol–water partition coefficient (Wildman–Crippen LogP) is 1.46. The van der Waals surface area contributed by atoms with Gasteiger partial charge in [-0.2, -0.15) is 0 Å². The van der Waals surface area contributed by atoms with Crippen LogP contribution in [0.5, 0.6) is 0 Å². The minimum atomic E-state index is -0.384. The second-order valence-corrected chi connectivity index (χ2v) is 7.00. The lowest BCUT2D eigenvalue weighted by atomic mass is 9.89.